The first-order valence-corrected chi connectivity index (χ1v) is 10.9. The van der Waals surface area contributed by atoms with Crippen LogP contribution in [0.2, 0.25) is 0 Å². The molecule has 1 aromatic rings. The van der Waals surface area contributed by atoms with Crippen molar-refractivity contribution in [3.63, 3.8) is 0 Å². The van der Waals surface area contributed by atoms with Crippen LogP contribution in [0.15, 0.2) is 23.1 Å². The third-order valence-corrected chi connectivity index (χ3v) is 6.38. The van der Waals surface area contributed by atoms with Crippen molar-refractivity contribution in [3.8, 4) is 0 Å². The van der Waals surface area contributed by atoms with Crippen LogP contribution in [-0.2, 0) is 14.3 Å². The van der Waals surface area contributed by atoms with Crippen molar-refractivity contribution in [3.05, 3.63) is 38.8 Å². The van der Waals surface area contributed by atoms with Crippen molar-refractivity contribution >= 4 is 46.3 Å². The Balaban J connectivity index is 1.53. The molecule has 3 heterocycles. The first kappa shape index (κ1) is 21.3. The van der Waals surface area contributed by atoms with Crippen LogP contribution in [0.1, 0.15) is 18.4 Å². The number of imide groups is 1. The van der Waals surface area contributed by atoms with E-state index in [2.05, 4.69) is 0 Å². The molecular weight excluding hydrogens is 424 g/mol. The summed E-state index contributed by atoms with van der Waals surface area (Å²) in [6.45, 7) is 3.13. The van der Waals surface area contributed by atoms with E-state index < -0.39 is 16.1 Å². The van der Waals surface area contributed by atoms with Gasteiger partial charge in [-0.2, -0.15) is 0 Å². The lowest BCUT2D eigenvalue weighted by Crippen LogP contribution is -2.40. The van der Waals surface area contributed by atoms with Crippen LogP contribution in [0.5, 0.6) is 0 Å². The predicted molar refractivity (Wildman–Crippen MR) is 115 cm³/mol. The summed E-state index contributed by atoms with van der Waals surface area (Å²) in [5.74, 6) is -0.797. The van der Waals surface area contributed by atoms with E-state index in [1.54, 1.807) is 17.0 Å². The maximum Gasteiger partial charge on any atom is 0.294 e. The van der Waals surface area contributed by atoms with Gasteiger partial charge in [-0.1, -0.05) is 6.07 Å². The highest BCUT2D eigenvalue weighted by Gasteiger charge is 2.37. The molecule has 0 N–H and O–H groups in total. The number of hydrogen-bond donors (Lipinski definition) is 0. The summed E-state index contributed by atoms with van der Waals surface area (Å²) >= 11 is 0.739. The number of benzene rings is 1. The number of morpholine rings is 1. The number of carbonyl (C=O) groups is 3. The van der Waals surface area contributed by atoms with E-state index in [1.165, 1.54) is 12.1 Å². The van der Waals surface area contributed by atoms with Crippen LogP contribution in [-0.4, -0.2) is 77.7 Å². The number of thioether (sulfide) groups is 1. The van der Waals surface area contributed by atoms with Gasteiger partial charge in [0.1, 0.15) is 12.2 Å². The van der Waals surface area contributed by atoms with E-state index in [1.807, 2.05) is 4.90 Å². The lowest BCUT2D eigenvalue weighted by atomic mass is 10.1. The summed E-state index contributed by atoms with van der Waals surface area (Å²) in [5, 5.41) is 11.1. The maximum atomic E-state index is 12.7. The fourth-order valence-electron chi connectivity index (χ4n) is 3.84. The van der Waals surface area contributed by atoms with Crippen molar-refractivity contribution in [2.45, 2.75) is 12.8 Å². The van der Waals surface area contributed by atoms with E-state index >= 15 is 0 Å². The molecule has 0 bridgehead atoms. The summed E-state index contributed by atoms with van der Waals surface area (Å²) in [7, 11) is 0. The molecule has 3 aliphatic rings. The number of anilines is 1. The second-order valence-electron chi connectivity index (χ2n) is 7.46. The van der Waals surface area contributed by atoms with Gasteiger partial charge in [0.15, 0.2) is 0 Å². The zero-order valence-corrected chi connectivity index (χ0v) is 17.6. The number of likely N-dealkylation sites (tertiary alicyclic amines) is 1. The smallest absolute Gasteiger partial charge is 0.294 e. The lowest BCUT2D eigenvalue weighted by Gasteiger charge is -2.28. The highest BCUT2D eigenvalue weighted by molar-refractivity contribution is 8.18. The molecular formula is C20H22N4O6S. The Labute approximate surface area is 182 Å². The molecule has 3 amide bonds. The van der Waals surface area contributed by atoms with E-state index in [0.717, 1.165) is 29.5 Å². The number of amides is 3. The molecule has 10 nitrogen and oxygen atoms in total. The number of carbonyl (C=O) groups excluding carboxylic acids is 3. The summed E-state index contributed by atoms with van der Waals surface area (Å²) in [4.78, 5) is 53.1. The molecule has 0 unspecified atom stereocenters. The normalized spacial score (nSPS) is 20.8. The maximum absolute atomic E-state index is 12.7. The van der Waals surface area contributed by atoms with E-state index in [9.17, 15) is 24.5 Å². The number of ether oxygens (including phenoxy) is 1. The molecule has 11 heteroatoms. The van der Waals surface area contributed by atoms with Gasteiger partial charge in [0, 0.05) is 32.2 Å². The standard InChI is InChI=1S/C20H22N4O6S/c25-18(22-5-1-2-6-22)13-23-19(26)17(31-20(23)27)12-14-3-4-15(16(11-14)24(28)29)21-7-9-30-10-8-21/h3-4,11-12H,1-2,5-10,13H2/b17-12-. The van der Waals surface area contributed by atoms with Crippen LogP contribution in [0, 0.1) is 10.1 Å². The lowest BCUT2D eigenvalue weighted by molar-refractivity contribution is -0.384. The second kappa shape index (κ2) is 9.06. The molecule has 0 atom stereocenters. The number of nitro benzene ring substituents is 1. The predicted octanol–water partition coefficient (Wildman–Crippen LogP) is 2.09. The minimum atomic E-state index is -0.553. The van der Waals surface area contributed by atoms with Gasteiger partial charge in [0.2, 0.25) is 5.91 Å². The highest BCUT2D eigenvalue weighted by atomic mass is 32.2. The van der Waals surface area contributed by atoms with Gasteiger partial charge in [0.25, 0.3) is 16.8 Å². The molecule has 0 aromatic heterocycles. The SMILES string of the molecule is O=C(CN1C(=O)S/C(=C\c2ccc(N3CCOCC3)c([N+](=O)[O-])c2)C1=O)N1CCCC1. The molecule has 3 aliphatic heterocycles. The number of nitro groups is 1. The van der Waals surface area contributed by atoms with Crippen molar-refractivity contribution < 1.29 is 24.0 Å². The summed E-state index contributed by atoms with van der Waals surface area (Å²) < 4.78 is 5.30. The number of nitrogens with zero attached hydrogens (tertiary/aromatic N) is 4. The molecule has 0 spiro atoms. The minimum Gasteiger partial charge on any atom is -0.378 e. The molecule has 31 heavy (non-hydrogen) atoms. The van der Waals surface area contributed by atoms with E-state index in [0.29, 0.717) is 50.6 Å². The zero-order chi connectivity index (χ0) is 22.0. The summed E-state index contributed by atoms with van der Waals surface area (Å²) in [6.07, 6.45) is 3.31. The van der Waals surface area contributed by atoms with Gasteiger partial charge >= 0.3 is 0 Å². The molecule has 164 valence electrons. The Kier molecular flexibility index (Phi) is 6.23. The Morgan fingerprint density at radius 2 is 1.87 bits per heavy atom. The first-order valence-electron chi connectivity index (χ1n) is 10.1. The molecule has 0 saturated carbocycles. The Morgan fingerprint density at radius 3 is 2.55 bits per heavy atom. The topological polar surface area (TPSA) is 113 Å². The summed E-state index contributed by atoms with van der Waals surface area (Å²) in [6, 6.07) is 4.73. The van der Waals surface area contributed by atoms with Crippen molar-refractivity contribution in [1.82, 2.24) is 9.80 Å². The Morgan fingerprint density at radius 1 is 1.16 bits per heavy atom. The van der Waals surface area contributed by atoms with Crippen LogP contribution >= 0.6 is 11.8 Å². The number of rotatable bonds is 5. The van der Waals surface area contributed by atoms with Crippen LogP contribution in [0.25, 0.3) is 6.08 Å². The second-order valence-corrected chi connectivity index (χ2v) is 8.45. The largest absolute Gasteiger partial charge is 0.378 e. The molecule has 3 saturated heterocycles. The van der Waals surface area contributed by atoms with Crippen molar-refractivity contribution in [2.75, 3.05) is 50.8 Å². The van der Waals surface area contributed by atoms with E-state index in [-0.39, 0.29) is 23.0 Å². The van der Waals surface area contributed by atoms with E-state index in [4.69, 9.17) is 4.74 Å². The zero-order valence-electron chi connectivity index (χ0n) is 16.8. The average molecular weight is 446 g/mol. The van der Waals surface area contributed by atoms with Gasteiger partial charge in [0.05, 0.1) is 23.0 Å². The van der Waals surface area contributed by atoms with Crippen molar-refractivity contribution in [2.24, 2.45) is 0 Å². The van der Waals surface area contributed by atoms with Gasteiger partial charge < -0.3 is 14.5 Å². The number of hydrogen-bond acceptors (Lipinski definition) is 8. The third kappa shape index (κ3) is 4.57. The average Bonchev–Trinajstić information content (AvgIpc) is 3.39. The van der Waals surface area contributed by atoms with Gasteiger partial charge in [-0.25, -0.2) is 0 Å². The quantitative estimate of drug-likeness (QED) is 0.384. The monoisotopic (exact) mass is 446 g/mol. The minimum absolute atomic E-state index is 0.0703. The molecule has 3 fully saturated rings. The van der Waals surface area contributed by atoms with Gasteiger partial charge in [-0.05, 0) is 42.3 Å². The molecule has 4 rings (SSSR count). The van der Waals surface area contributed by atoms with Crippen LogP contribution in [0.4, 0.5) is 16.2 Å². The fraction of sp³-hybridized carbons (Fsp3) is 0.450. The van der Waals surface area contributed by atoms with Gasteiger partial charge in [-0.3, -0.25) is 29.4 Å². The first-order chi connectivity index (χ1) is 14.9. The Bertz CT molecular complexity index is 953. The molecule has 0 radical (unpaired) electrons. The fourth-order valence-corrected chi connectivity index (χ4v) is 4.68. The Hall–Kier alpha value is -2.92. The summed E-state index contributed by atoms with van der Waals surface area (Å²) in [5.41, 5.74) is 0.869. The van der Waals surface area contributed by atoms with Gasteiger partial charge in [-0.15, -0.1) is 0 Å². The molecule has 0 aliphatic carbocycles. The van der Waals surface area contributed by atoms with Crippen LogP contribution < -0.4 is 4.90 Å². The molecule has 1 aromatic carbocycles. The highest BCUT2D eigenvalue weighted by Crippen LogP contribution is 2.35. The van der Waals surface area contributed by atoms with Crippen molar-refractivity contribution in [1.29, 1.82) is 0 Å². The third-order valence-electron chi connectivity index (χ3n) is 5.47. The van der Waals surface area contributed by atoms with Crippen LogP contribution in [0.3, 0.4) is 0 Å².